The average Bonchev–Trinajstić information content (AvgIpc) is 3.47. The van der Waals surface area contributed by atoms with E-state index < -0.39 is 42.9 Å². The number of aliphatic hydroxyl groups is 4. The van der Waals surface area contributed by atoms with Crippen LogP contribution in [0.1, 0.15) is 40.0 Å². The van der Waals surface area contributed by atoms with Crippen molar-refractivity contribution in [3.63, 3.8) is 0 Å². The zero-order valence-electron chi connectivity index (χ0n) is 17.2. The third kappa shape index (κ3) is 2.49. The lowest BCUT2D eigenvalue weighted by atomic mass is 9.52. The van der Waals surface area contributed by atoms with Gasteiger partial charge in [-0.05, 0) is 19.8 Å². The minimum absolute atomic E-state index is 0.0236. The first kappa shape index (κ1) is 20.3. The second-order valence-electron chi connectivity index (χ2n) is 9.91. The summed E-state index contributed by atoms with van der Waals surface area (Å²) in [4.78, 5) is 0. The number of ether oxygens (including phenoxy) is 4. The zero-order valence-corrected chi connectivity index (χ0v) is 17.2. The molecule has 0 aromatic heterocycles. The summed E-state index contributed by atoms with van der Waals surface area (Å²) in [6, 6.07) is 0. The van der Waals surface area contributed by atoms with E-state index in [-0.39, 0.29) is 29.1 Å². The predicted octanol–water partition coefficient (Wildman–Crippen LogP) is -0.136. The van der Waals surface area contributed by atoms with Crippen LogP contribution in [0.25, 0.3) is 0 Å². The van der Waals surface area contributed by atoms with E-state index in [0.29, 0.717) is 13.0 Å². The minimum Gasteiger partial charge on any atom is -0.394 e. The molecular formula is C21H32O8. The minimum atomic E-state index is -1.45. The van der Waals surface area contributed by atoms with E-state index >= 15 is 0 Å². The molecule has 8 heteroatoms. The maximum atomic E-state index is 10.5. The van der Waals surface area contributed by atoms with Crippen molar-refractivity contribution in [2.75, 3.05) is 13.2 Å². The first-order valence-corrected chi connectivity index (χ1v) is 10.6. The van der Waals surface area contributed by atoms with E-state index in [4.69, 9.17) is 18.9 Å². The Morgan fingerprint density at radius 3 is 2.52 bits per heavy atom. The van der Waals surface area contributed by atoms with Gasteiger partial charge in [-0.1, -0.05) is 25.5 Å². The summed E-state index contributed by atoms with van der Waals surface area (Å²) in [6.45, 7) is 6.70. The fraction of sp³-hybridized carbons (Fsp3) is 0.905. The van der Waals surface area contributed by atoms with Crippen molar-refractivity contribution < 1.29 is 39.4 Å². The highest BCUT2D eigenvalue weighted by Crippen LogP contribution is 2.72. The highest BCUT2D eigenvalue weighted by Gasteiger charge is 2.81. The van der Waals surface area contributed by atoms with Gasteiger partial charge in [0.25, 0.3) is 0 Å². The van der Waals surface area contributed by atoms with Crippen molar-refractivity contribution >= 4 is 0 Å². The van der Waals surface area contributed by atoms with Crippen molar-refractivity contribution in [3.05, 3.63) is 11.6 Å². The molecule has 0 unspecified atom stereocenters. The lowest BCUT2D eigenvalue weighted by Crippen LogP contribution is -2.65. The molecule has 2 aliphatic carbocycles. The van der Waals surface area contributed by atoms with Gasteiger partial charge in [0.05, 0.1) is 31.5 Å². The van der Waals surface area contributed by atoms with Gasteiger partial charge in [-0.2, -0.15) is 0 Å². The summed E-state index contributed by atoms with van der Waals surface area (Å²) >= 11 is 0. The van der Waals surface area contributed by atoms with E-state index in [9.17, 15) is 20.4 Å². The van der Waals surface area contributed by atoms with Crippen LogP contribution in [0.2, 0.25) is 0 Å². The first-order chi connectivity index (χ1) is 13.7. The number of aliphatic hydroxyl groups excluding tert-OH is 4. The van der Waals surface area contributed by atoms with Crippen LogP contribution >= 0.6 is 0 Å². The van der Waals surface area contributed by atoms with Gasteiger partial charge in [0.15, 0.2) is 6.29 Å². The van der Waals surface area contributed by atoms with Crippen molar-refractivity contribution in [1.82, 2.24) is 0 Å². The Hall–Kier alpha value is -0.580. The van der Waals surface area contributed by atoms with Gasteiger partial charge in [-0.25, -0.2) is 0 Å². The van der Waals surface area contributed by atoms with Gasteiger partial charge in [0.1, 0.15) is 30.0 Å². The van der Waals surface area contributed by atoms with Gasteiger partial charge in [-0.3, -0.25) is 0 Å². The van der Waals surface area contributed by atoms with Crippen LogP contribution in [0.5, 0.6) is 0 Å². The van der Waals surface area contributed by atoms with E-state index in [0.717, 1.165) is 12.8 Å². The van der Waals surface area contributed by atoms with E-state index in [1.54, 1.807) is 0 Å². The zero-order chi connectivity index (χ0) is 20.8. The SMILES string of the molecule is CC1=C[C@H]2O[C@@H]3C[C@@H](O[C@H]4O[C@H](CO)[C@@H](O)[C@H](O)[C@H]4O)[C@](C)([C@@]2(C)CC1)[C@]31CO1. The van der Waals surface area contributed by atoms with E-state index in [2.05, 4.69) is 26.8 Å². The van der Waals surface area contributed by atoms with Crippen LogP contribution in [0.3, 0.4) is 0 Å². The summed E-state index contributed by atoms with van der Waals surface area (Å²) < 4.78 is 24.5. The molecule has 0 aromatic carbocycles. The van der Waals surface area contributed by atoms with Gasteiger partial charge in [0, 0.05) is 17.3 Å². The molecule has 5 aliphatic rings. The Bertz CT molecular complexity index is 705. The predicted molar refractivity (Wildman–Crippen MR) is 99.8 cm³/mol. The fourth-order valence-electron chi connectivity index (χ4n) is 6.39. The molecule has 2 bridgehead atoms. The smallest absolute Gasteiger partial charge is 0.186 e. The van der Waals surface area contributed by atoms with Crippen molar-refractivity contribution in [3.8, 4) is 0 Å². The fourth-order valence-corrected chi connectivity index (χ4v) is 6.39. The molecule has 4 fully saturated rings. The second-order valence-corrected chi connectivity index (χ2v) is 9.91. The number of allylic oxidation sites excluding steroid dienone is 1. The van der Waals surface area contributed by atoms with Gasteiger partial charge >= 0.3 is 0 Å². The molecule has 1 spiro atoms. The molecule has 0 radical (unpaired) electrons. The first-order valence-electron chi connectivity index (χ1n) is 10.6. The van der Waals surface area contributed by atoms with Crippen molar-refractivity contribution in [2.45, 2.75) is 94.7 Å². The van der Waals surface area contributed by atoms with Crippen LogP contribution in [-0.4, -0.2) is 88.3 Å². The van der Waals surface area contributed by atoms with Gasteiger partial charge in [0.2, 0.25) is 0 Å². The largest absolute Gasteiger partial charge is 0.394 e. The third-order valence-corrected chi connectivity index (χ3v) is 8.67. The molecule has 5 rings (SSSR count). The molecule has 3 saturated heterocycles. The molecule has 3 aliphatic heterocycles. The van der Waals surface area contributed by atoms with Crippen LogP contribution in [-0.2, 0) is 18.9 Å². The lowest BCUT2D eigenvalue weighted by molar-refractivity contribution is -0.324. The molecule has 4 N–H and O–H groups in total. The normalized spacial score (nSPS) is 58.8. The van der Waals surface area contributed by atoms with Crippen LogP contribution < -0.4 is 0 Å². The quantitative estimate of drug-likeness (QED) is 0.374. The summed E-state index contributed by atoms with van der Waals surface area (Å²) in [5.74, 6) is 0. The number of rotatable bonds is 3. The Balaban J connectivity index is 1.46. The van der Waals surface area contributed by atoms with Crippen LogP contribution in [0, 0.1) is 10.8 Å². The molecule has 0 aromatic rings. The molecule has 3 heterocycles. The van der Waals surface area contributed by atoms with E-state index in [1.807, 2.05) is 0 Å². The van der Waals surface area contributed by atoms with Crippen LogP contribution in [0.15, 0.2) is 11.6 Å². The standard InChI is InChI=1S/C21H32O8/c1-10-4-5-19(2)12(6-10)28-14-7-13(20(19,3)21(14)9-26-21)29-18-17(25)16(24)15(23)11(8-22)27-18/h6,11-18,22-25H,4-5,7-9H2,1-3H3/t11-,12-,13-,14-,15-,16+,17-,18-,19+,20-,21+/m1/s1. The van der Waals surface area contributed by atoms with Crippen LogP contribution in [0.4, 0.5) is 0 Å². The summed E-state index contributed by atoms with van der Waals surface area (Å²) in [7, 11) is 0. The van der Waals surface area contributed by atoms with Gasteiger partial charge in [-0.15, -0.1) is 0 Å². The molecule has 0 amide bonds. The molecular weight excluding hydrogens is 380 g/mol. The highest BCUT2D eigenvalue weighted by molar-refractivity contribution is 5.32. The number of hydrogen-bond donors (Lipinski definition) is 4. The van der Waals surface area contributed by atoms with E-state index in [1.165, 1.54) is 5.57 Å². The maximum Gasteiger partial charge on any atom is 0.186 e. The monoisotopic (exact) mass is 412 g/mol. The molecule has 11 atom stereocenters. The lowest BCUT2D eigenvalue weighted by Gasteiger charge is -2.58. The van der Waals surface area contributed by atoms with Crippen molar-refractivity contribution in [2.24, 2.45) is 10.8 Å². The van der Waals surface area contributed by atoms with Crippen molar-refractivity contribution in [1.29, 1.82) is 0 Å². The highest BCUT2D eigenvalue weighted by atomic mass is 16.7. The molecule has 1 saturated carbocycles. The Kier molecular flexibility index (Phi) is 4.53. The second kappa shape index (κ2) is 6.46. The number of epoxide rings is 1. The maximum absolute atomic E-state index is 10.5. The molecule has 29 heavy (non-hydrogen) atoms. The molecule has 8 nitrogen and oxygen atoms in total. The Morgan fingerprint density at radius 2 is 1.86 bits per heavy atom. The number of fused-ring (bicyclic) bond motifs is 2. The topological polar surface area (TPSA) is 121 Å². The summed E-state index contributed by atoms with van der Waals surface area (Å²) in [5.41, 5.74) is 0.337. The Labute approximate surface area is 170 Å². The molecule has 164 valence electrons. The third-order valence-electron chi connectivity index (χ3n) is 8.67. The Morgan fingerprint density at radius 1 is 1.14 bits per heavy atom. The summed E-state index contributed by atoms with van der Waals surface area (Å²) in [6.07, 6.45) is -2.10. The number of hydrogen-bond acceptors (Lipinski definition) is 8. The average molecular weight is 412 g/mol. The van der Waals surface area contributed by atoms with Gasteiger partial charge < -0.3 is 39.4 Å². The summed E-state index contributed by atoms with van der Waals surface area (Å²) in [5, 5.41) is 40.1.